The first-order valence-corrected chi connectivity index (χ1v) is 8.22. The minimum absolute atomic E-state index is 0.0222. The fourth-order valence-electron chi connectivity index (χ4n) is 3.67. The lowest BCUT2D eigenvalue weighted by atomic mass is 9.80. The Kier molecular flexibility index (Phi) is 5.85. The molecular formula is C16H29NO3. The molecule has 0 saturated carbocycles. The van der Waals surface area contributed by atoms with Gasteiger partial charge in [-0.2, -0.15) is 0 Å². The van der Waals surface area contributed by atoms with E-state index in [-0.39, 0.29) is 11.5 Å². The van der Waals surface area contributed by atoms with Crippen LogP contribution >= 0.6 is 0 Å². The fourth-order valence-corrected chi connectivity index (χ4v) is 3.67. The quantitative estimate of drug-likeness (QED) is 0.727. The van der Waals surface area contributed by atoms with E-state index in [0.717, 1.165) is 39.0 Å². The average molecular weight is 283 g/mol. The lowest BCUT2D eigenvalue weighted by Gasteiger charge is -2.49. The molecular weight excluding hydrogens is 254 g/mol. The van der Waals surface area contributed by atoms with Crippen LogP contribution in [0.5, 0.6) is 0 Å². The summed E-state index contributed by atoms with van der Waals surface area (Å²) >= 11 is 0. The smallest absolute Gasteiger partial charge is 0.307 e. The predicted molar refractivity (Wildman–Crippen MR) is 78.7 cm³/mol. The van der Waals surface area contributed by atoms with Gasteiger partial charge in [0, 0.05) is 12.1 Å². The molecule has 20 heavy (non-hydrogen) atoms. The van der Waals surface area contributed by atoms with Gasteiger partial charge in [-0.1, -0.05) is 13.3 Å². The van der Waals surface area contributed by atoms with E-state index in [1.54, 1.807) is 0 Å². The van der Waals surface area contributed by atoms with E-state index in [1.165, 1.54) is 19.3 Å². The van der Waals surface area contributed by atoms with E-state index in [1.807, 2.05) is 6.92 Å². The molecule has 0 aliphatic carbocycles. The fraction of sp³-hybridized carbons (Fsp3) is 0.938. The van der Waals surface area contributed by atoms with Crippen LogP contribution in [-0.4, -0.2) is 48.8 Å². The van der Waals surface area contributed by atoms with Crippen molar-refractivity contribution in [2.24, 2.45) is 0 Å². The van der Waals surface area contributed by atoms with E-state index in [4.69, 9.17) is 9.47 Å². The summed E-state index contributed by atoms with van der Waals surface area (Å²) < 4.78 is 11.1. The number of carbonyl (C=O) groups excluding carboxylic acids is 1. The highest BCUT2D eigenvalue weighted by Crippen LogP contribution is 2.37. The number of rotatable bonds is 5. The van der Waals surface area contributed by atoms with Crippen LogP contribution in [0.1, 0.15) is 58.8 Å². The zero-order chi connectivity index (χ0) is 14.4. The molecule has 4 nitrogen and oxygen atoms in total. The van der Waals surface area contributed by atoms with Crippen molar-refractivity contribution in [1.29, 1.82) is 0 Å². The number of hydrogen-bond acceptors (Lipinski definition) is 4. The van der Waals surface area contributed by atoms with Crippen LogP contribution in [0.2, 0.25) is 0 Å². The molecule has 2 aliphatic rings. The van der Waals surface area contributed by atoms with Crippen molar-refractivity contribution < 1.29 is 14.3 Å². The van der Waals surface area contributed by atoms with Crippen LogP contribution in [0, 0.1) is 0 Å². The Hall–Kier alpha value is -0.610. The summed E-state index contributed by atoms with van der Waals surface area (Å²) in [7, 11) is 0. The second-order valence-corrected chi connectivity index (χ2v) is 6.11. The molecule has 4 heteroatoms. The molecule has 2 atom stereocenters. The van der Waals surface area contributed by atoms with Crippen molar-refractivity contribution in [3.8, 4) is 0 Å². The second kappa shape index (κ2) is 7.41. The Morgan fingerprint density at radius 3 is 2.70 bits per heavy atom. The van der Waals surface area contributed by atoms with Gasteiger partial charge >= 0.3 is 5.97 Å². The molecule has 2 heterocycles. The lowest BCUT2D eigenvalue weighted by Crippen LogP contribution is -2.56. The lowest BCUT2D eigenvalue weighted by molar-refractivity contribution is -0.151. The molecule has 0 amide bonds. The number of carbonyl (C=O) groups is 1. The molecule has 2 rings (SSSR count). The number of likely N-dealkylation sites (tertiary alicyclic amines) is 1. The van der Waals surface area contributed by atoms with Crippen molar-refractivity contribution in [3.05, 3.63) is 0 Å². The summed E-state index contributed by atoms with van der Waals surface area (Å²) in [5, 5.41) is 0. The summed E-state index contributed by atoms with van der Waals surface area (Å²) in [6.45, 7) is 7.54. The summed E-state index contributed by atoms with van der Waals surface area (Å²) in [6.07, 6.45) is 7.61. The molecule has 2 saturated heterocycles. The normalized spacial score (nSPS) is 32.0. The Morgan fingerprint density at radius 2 is 2.05 bits per heavy atom. The van der Waals surface area contributed by atoms with E-state index in [9.17, 15) is 4.79 Å². The number of esters is 1. The second-order valence-electron chi connectivity index (χ2n) is 6.11. The summed E-state index contributed by atoms with van der Waals surface area (Å²) in [4.78, 5) is 14.6. The molecule has 0 radical (unpaired) electrons. The van der Waals surface area contributed by atoms with Crippen LogP contribution in [0.25, 0.3) is 0 Å². The first-order chi connectivity index (χ1) is 9.70. The van der Waals surface area contributed by atoms with Gasteiger partial charge in [-0.3, -0.25) is 9.69 Å². The third-order valence-corrected chi connectivity index (χ3v) is 4.79. The van der Waals surface area contributed by atoms with Crippen LogP contribution < -0.4 is 0 Å². The molecule has 2 aliphatic heterocycles. The van der Waals surface area contributed by atoms with E-state index < -0.39 is 0 Å². The van der Waals surface area contributed by atoms with Crippen LogP contribution in [0.4, 0.5) is 0 Å². The summed E-state index contributed by atoms with van der Waals surface area (Å²) in [5.41, 5.74) is -0.0222. The van der Waals surface area contributed by atoms with E-state index >= 15 is 0 Å². The highest BCUT2D eigenvalue weighted by atomic mass is 16.5. The average Bonchev–Trinajstić information content (AvgIpc) is 2.48. The highest BCUT2D eigenvalue weighted by Gasteiger charge is 2.43. The standard InChI is InChI=1S/C16H29NO3/c1-3-14-12-16(8-11-20-14,13-15(18)19-4-2)17-9-6-5-7-10-17/h14H,3-13H2,1-2H3. The monoisotopic (exact) mass is 283 g/mol. The molecule has 116 valence electrons. The van der Waals surface area contributed by atoms with Crippen molar-refractivity contribution >= 4 is 5.97 Å². The molecule has 0 bridgehead atoms. The molecule has 2 unspecified atom stereocenters. The minimum atomic E-state index is -0.0465. The predicted octanol–water partition coefficient (Wildman–Crippen LogP) is 2.75. The number of piperidine rings is 1. The van der Waals surface area contributed by atoms with Gasteiger partial charge in [-0.05, 0) is 52.1 Å². The van der Waals surface area contributed by atoms with Crippen molar-refractivity contribution in [2.75, 3.05) is 26.3 Å². The Balaban J connectivity index is 2.10. The van der Waals surface area contributed by atoms with Crippen molar-refractivity contribution in [1.82, 2.24) is 4.90 Å². The molecule has 2 fully saturated rings. The third kappa shape index (κ3) is 3.73. The number of ether oxygens (including phenoxy) is 2. The molecule has 0 spiro atoms. The van der Waals surface area contributed by atoms with Crippen LogP contribution in [0.3, 0.4) is 0 Å². The SMILES string of the molecule is CCOC(=O)CC1(N2CCCCC2)CCOC(CC)C1. The molecule has 0 aromatic rings. The van der Waals surface area contributed by atoms with Gasteiger partial charge in [0.15, 0.2) is 0 Å². The van der Waals surface area contributed by atoms with Gasteiger partial charge in [0.05, 0.1) is 19.1 Å². The highest BCUT2D eigenvalue weighted by molar-refractivity contribution is 5.71. The maximum Gasteiger partial charge on any atom is 0.307 e. The maximum atomic E-state index is 12.1. The first-order valence-electron chi connectivity index (χ1n) is 8.22. The topological polar surface area (TPSA) is 38.8 Å². The number of nitrogens with zero attached hydrogens (tertiary/aromatic N) is 1. The van der Waals surface area contributed by atoms with Gasteiger partial charge in [-0.15, -0.1) is 0 Å². The summed E-state index contributed by atoms with van der Waals surface area (Å²) in [5.74, 6) is -0.0465. The van der Waals surface area contributed by atoms with E-state index in [0.29, 0.717) is 19.1 Å². The first kappa shape index (κ1) is 15.8. The Labute approximate surface area is 122 Å². The zero-order valence-corrected chi connectivity index (χ0v) is 13.0. The maximum absolute atomic E-state index is 12.1. The Morgan fingerprint density at radius 1 is 1.30 bits per heavy atom. The molecule has 0 aromatic carbocycles. The zero-order valence-electron chi connectivity index (χ0n) is 13.0. The largest absolute Gasteiger partial charge is 0.466 e. The van der Waals surface area contributed by atoms with Gasteiger partial charge in [0.25, 0.3) is 0 Å². The molecule has 0 N–H and O–H groups in total. The number of hydrogen-bond donors (Lipinski definition) is 0. The van der Waals surface area contributed by atoms with Crippen molar-refractivity contribution in [3.63, 3.8) is 0 Å². The minimum Gasteiger partial charge on any atom is -0.466 e. The van der Waals surface area contributed by atoms with Crippen molar-refractivity contribution in [2.45, 2.75) is 70.4 Å². The third-order valence-electron chi connectivity index (χ3n) is 4.79. The van der Waals surface area contributed by atoms with Gasteiger partial charge < -0.3 is 9.47 Å². The van der Waals surface area contributed by atoms with Crippen LogP contribution in [-0.2, 0) is 14.3 Å². The summed E-state index contributed by atoms with van der Waals surface area (Å²) in [6, 6.07) is 0. The van der Waals surface area contributed by atoms with Gasteiger partial charge in [0.2, 0.25) is 0 Å². The van der Waals surface area contributed by atoms with Gasteiger partial charge in [0.1, 0.15) is 0 Å². The van der Waals surface area contributed by atoms with E-state index in [2.05, 4.69) is 11.8 Å². The molecule has 0 aromatic heterocycles. The van der Waals surface area contributed by atoms with Gasteiger partial charge in [-0.25, -0.2) is 0 Å². The van der Waals surface area contributed by atoms with Crippen LogP contribution in [0.15, 0.2) is 0 Å². The Bertz CT molecular complexity index is 315.